The van der Waals surface area contributed by atoms with Crippen molar-refractivity contribution in [1.82, 2.24) is 9.97 Å². The predicted octanol–water partition coefficient (Wildman–Crippen LogP) is 2.40. The van der Waals surface area contributed by atoms with Gasteiger partial charge >= 0.3 is 5.97 Å². The van der Waals surface area contributed by atoms with Crippen molar-refractivity contribution in [1.29, 1.82) is 0 Å². The normalized spacial score (nSPS) is 21.3. The molecule has 5 nitrogen and oxygen atoms in total. The van der Waals surface area contributed by atoms with E-state index in [2.05, 4.69) is 22.2 Å². The van der Waals surface area contributed by atoms with Crippen LogP contribution in [0.15, 0.2) is 24.4 Å². The van der Waals surface area contributed by atoms with Crippen molar-refractivity contribution in [2.45, 2.75) is 13.3 Å². The third kappa shape index (κ3) is 2.36. The number of rotatable bonds is 4. The molecule has 2 N–H and O–H groups in total. The maximum Gasteiger partial charge on any atom is 0.336 e. The summed E-state index contributed by atoms with van der Waals surface area (Å²) in [6.07, 6.45) is 2.83. The van der Waals surface area contributed by atoms with E-state index in [1.54, 1.807) is 24.4 Å². The molecule has 1 aliphatic carbocycles. The molecule has 2 aromatic rings. The maximum atomic E-state index is 11.1. The molecule has 2 atom stereocenters. The average Bonchev–Trinajstić information content (AvgIpc) is 3.11. The van der Waals surface area contributed by atoms with Crippen LogP contribution in [0.25, 0.3) is 10.9 Å². The van der Waals surface area contributed by atoms with E-state index in [9.17, 15) is 4.79 Å². The number of nitrogens with zero attached hydrogens (tertiary/aromatic N) is 2. The van der Waals surface area contributed by atoms with E-state index >= 15 is 0 Å². The first-order valence-electron chi connectivity index (χ1n) is 6.38. The Hall–Kier alpha value is -2.17. The predicted molar refractivity (Wildman–Crippen MR) is 72.3 cm³/mol. The van der Waals surface area contributed by atoms with Gasteiger partial charge in [-0.1, -0.05) is 13.0 Å². The van der Waals surface area contributed by atoms with Gasteiger partial charge in [0.1, 0.15) is 0 Å². The number of aromatic nitrogens is 2. The number of hydrogen-bond acceptors (Lipinski definition) is 4. The summed E-state index contributed by atoms with van der Waals surface area (Å²) in [5.74, 6) is 1.10. The maximum absolute atomic E-state index is 11.1. The molecule has 2 unspecified atom stereocenters. The van der Waals surface area contributed by atoms with Crippen LogP contribution in [-0.4, -0.2) is 27.6 Å². The number of hydrogen-bond donors (Lipinski definition) is 2. The van der Waals surface area contributed by atoms with E-state index in [-0.39, 0.29) is 5.56 Å². The van der Waals surface area contributed by atoms with Crippen molar-refractivity contribution in [2.24, 2.45) is 11.8 Å². The Kier molecular flexibility index (Phi) is 2.81. The molecule has 5 heteroatoms. The molecule has 0 amide bonds. The Morgan fingerprint density at radius 2 is 2.32 bits per heavy atom. The topological polar surface area (TPSA) is 75.1 Å². The van der Waals surface area contributed by atoms with Crippen LogP contribution in [0.5, 0.6) is 0 Å². The van der Waals surface area contributed by atoms with Gasteiger partial charge in [-0.3, -0.25) is 0 Å². The molecule has 1 saturated carbocycles. The zero-order valence-electron chi connectivity index (χ0n) is 10.6. The van der Waals surface area contributed by atoms with Crippen molar-refractivity contribution in [3.8, 4) is 0 Å². The van der Waals surface area contributed by atoms with Crippen LogP contribution in [-0.2, 0) is 0 Å². The monoisotopic (exact) mass is 257 g/mol. The number of aromatic carboxylic acids is 1. The Morgan fingerprint density at radius 3 is 3.00 bits per heavy atom. The number of anilines is 1. The zero-order chi connectivity index (χ0) is 13.4. The van der Waals surface area contributed by atoms with E-state index in [1.165, 1.54) is 6.42 Å². The SMILES string of the molecule is CC1CC1CNc1ncc2c(C(=O)O)cccc2n1. The minimum absolute atomic E-state index is 0.236. The van der Waals surface area contributed by atoms with Crippen molar-refractivity contribution in [2.75, 3.05) is 11.9 Å². The van der Waals surface area contributed by atoms with Gasteiger partial charge < -0.3 is 10.4 Å². The number of fused-ring (bicyclic) bond motifs is 1. The number of benzene rings is 1. The molecule has 1 aliphatic rings. The summed E-state index contributed by atoms with van der Waals surface area (Å²) in [5.41, 5.74) is 0.890. The van der Waals surface area contributed by atoms with E-state index in [0.717, 1.165) is 12.5 Å². The first kappa shape index (κ1) is 11.9. The Balaban J connectivity index is 1.86. The van der Waals surface area contributed by atoms with Crippen molar-refractivity contribution in [3.63, 3.8) is 0 Å². The lowest BCUT2D eigenvalue weighted by molar-refractivity contribution is 0.0699. The summed E-state index contributed by atoms with van der Waals surface area (Å²) in [7, 11) is 0. The van der Waals surface area contributed by atoms with Crippen LogP contribution < -0.4 is 5.32 Å². The summed E-state index contributed by atoms with van der Waals surface area (Å²) >= 11 is 0. The quantitative estimate of drug-likeness (QED) is 0.879. The zero-order valence-corrected chi connectivity index (χ0v) is 10.6. The second-order valence-electron chi connectivity index (χ2n) is 5.09. The highest BCUT2D eigenvalue weighted by Crippen LogP contribution is 2.37. The molecule has 0 saturated heterocycles. The van der Waals surface area contributed by atoms with Crippen LogP contribution >= 0.6 is 0 Å². The number of carboxylic acid groups (broad SMARTS) is 1. The third-order valence-corrected chi connectivity index (χ3v) is 3.65. The number of carbonyl (C=O) groups is 1. The molecule has 1 heterocycles. The van der Waals surface area contributed by atoms with Crippen molar-refractivity contribution < 1.29 is 9.90 Å². The van der Waals surface area contributed by atoms with Gasteiger partial charge in [-0.05, 0) is 30.4 Å². The Labute approximate surface area is 110 Å². The van der Waals surface area contributed by atoms with Crippen LogP contribution in [0, 0.1) is 11.8 Å². The van der Waals surface area contributed by atoms with Gasteiger partial charge in [0.05, 0.1) is 11.1 Å². The van der Waals surface area contributed by atoms with Gasteiger partial charge in [0.2, 0.25) is 5.95 Å². The lowest BCUT2D eigenvalue weighted by Crippen LogP contribution is -2.08. The summed E-state index contributed by atoms with van der Waals surface area (Å²) in [6, 6.07) is 5.06. The van der Waals surface area contributed by atoms with E-state index in [1.807, 2.05) is 0 Å². The first-order valence-corrected chi connectivity index (χ1v) is 6.38. The number of carboxylic acids is 1. The van der Waals surface area contributed by atoms with Gasteiger partial charge in [-0.25, -0.2) is 14.8 Å². The van der Waals surface area contributed by atoms with Crippen LogP contribution in [0.3, 0.4) is 0 Å². The Bertz CT molecular complexity index is 642. The molecule has 0 bridgehead atoms. The fraction of sp³-hybridized carbons (Fsp3) is 0.357. The van der Waals surface area contributed by atoms with E-state index < -0.39 is 5.97 Å². The van der Waals surface area contributed by atoms with Gasteiger partial charge in [0, 0.05) is 18.1 Å². The summed E-state index contributed by atoms with van der Waals surface area (Å²) in [4.78, 5) is 19.6. The lowest BCUT2D eigenvalue weighted by atomic mass is 10.1. The van der Waals surface area contributed by atoms with Gasteiger partial charge in [0.15, 0.2) is 0 Å². The largest absolute Gasteiger partial charge is 0.478 e. The number of nitrogens with one attached hydrogen (secondary N) is 1. The fourth-order valence-corrected chi connectivity index (χ4v) is 2.23. The minimum Gasteiger partial charge on any atom is -0.478 e. The van der Waals surface area contributed by atoms with Gasteiger partial charge in [-0.15, -0.1) is 0 Å². The smallest absolute Gasteiger partial charge is 0.336 e. The van der Waals surface area contributed by atoms with Crippen LogP contribution in [0.4, 0.5) is 5.95 Å². The minimum atomic E-state index is -0.957. The third-order valence-electron chi connectivity index (χ3n) is 3.65. The molecular weight excluding hydrogens is 242 g/mol. The average molecular weight is 257 g/mol. The second kappa shape index (κ2) is 4.50. The molecule has 19 heavy (non-hydrogen) atoms. The Morgan fingerprint density at radius 1 is 1.53 bits per heavy atom. The molecule has 98 valence electrons. The molecular formula is C14H15N3O2. The molecule has 1 aromatic carbocycles. The molecule has 0 spiro atoms. The summed E-state index contributed by atoms with van der Waals surface area (Å²) in [6.45, 7) is 3.11. The van der Waals surface area contributed by atoms with Gasteiger partial charge in [-0.2, -0.15) is 0 Å². The second-order valence-corrected chi connectivity index (χ2v) is 5.09. The van der Waals surface area contributed by atoms with Crippen LogP contribution in [0.2, 0.25) is 0 Å². The van der Waals surface area contributed by atoms with Crippen molar-refractivity contribution in [3.05, 3.63) is 30.0 Å². The van der Waals surface area contributed by atoms with E-state index in [4.69, 9.17) is 5.11 Å². The van der Waals surface area contributed by atoms with Crippen LogP contribution in [0.1, 0.15) is 23.7 Å². The fourth-order valence-electron chi connectivity index (χ4n) is 2.23. The molecule has 1 fully saturated rings. The van der Waals surface area contributed by atoms with Gasteiger partial charge in [0.25, 0.3) is 0 Å². The summed E-state index contributed by atoms with van der Waals surface area (Å²) in [5, 5.41) is 12.9. The highest BCUT2D eigenvalue weighted by molar-refractivity contribution is 6.02. The molecule has 1 aromatic heterocycles. The first-order chi connectivity index (χ1) is 9.15. The molecule has 3 rings (SSSR count). The molecule has 0 radical (unpaired) electrons. The molecule has 0 aliphatic heterocycles. The highest BCUT2D eigenvalue weighted by Gasteiger charge is 2.32. The lowest BCUT2D eigenvalue weighted by Gasteiger charge is -2.06. The standard InChI is InChI=1S/C14H15N3O2/c1-8-5-9(8)6-15-14-16-7-11-10(13(18)19)3-2-4-12(11)17-14/h2-4,7-9H,5-6H2,1H3,(H,18,19)(H,15,16,17). The van der Waals surface area contributed by atoms with E-state index in [0.29, 0.717) is 22.8 Å². The van der Waals surface area contributed by atoms with Crippen molar-refractivity contribution >= 4 is 22.8 Å². The highest BCUT2D eigenvalue weighted by atomic mass is 16.4. The summed E-state index contributed by atoms with van der Waals surface area (Å²) < 4.78 is 0.